The van der Waals surface area contributed by atoms with Gasteiger partial charge in [-0.05, 0) is 44.2 Å². The summed E-state index contributed by atoms with van der Waals surface area (Å²) in [7, 11) is 2.14. The second-order valence-corrected chi connectivity index (χ2v) is 5.75. The van der Waals surface area contributed by atoms with Gasteiger partial charge in [0.05, 0.1) is 0 Å². The fourth-order valence-corrected chi connectivity index (χ4v) is 2.69. The van der Waals surface area contributed by atoms with Gasteiger partial charge in [-0.15, -0.1) is 24.0 Å². The van der Waals surface area contributed by atoms with Crippen molar-refractivity contribution in [2.24, 2.45) is 10.7 Å². The van der Waals surface area contributed by atoms with Crippen molar-refractivity contribution in [3.05, 3.63) is 30.3 Å². The number of halogens is 1. The lowest BCUT2D eigenvalue weighted by Gasteiger charge is -2.27. The van der Waals surface area contributed by atoms with E-state index in [0.717, 1.165) is 45.0 Å². The van der Waals surface area contributed by atoms with Crippen LogP contribution in [0.15, 0.2) is 35.3 Å². The number of unbranched alkanes of at least 4 members (excludes halogenated alkanes) is 1. The zero-order valence-corrected chi connectivity index (χ0v) is 15.9. The molecule has 0 saturated carbocycles. The molecule has 1 aromatic rings. The smallest absolute Gasteiger partial charge is 0.191 e. The molecule has 2 rings (SSSR count). The second kappa shape index (κ2) is 10.7. The second-order valence-electron chi connectivity index (χ2n) is 5.75. The van der Waals surface area contributed by atoms with Crippen molar-refractivity contribution < 1.29 is 0 Å². The van der Waals surface area contributed by atoms with Crippen LogP contribution in [-0.2, 0) is 0 Å². The molecule has 1 heterocycles. The van der Waals surface area contributed by atoms with E-state index in [4.69, 9.17) is 5.73 Å². The number of hydrogen-bond donors (Lipinski definition) is 1. The Morgan fingerprint density at radius 2 is 1.82 bits per heavy atom. The molecule has 1 saturated heterocycles. The summed E-state index contributed by atoms with van der Waals surface area (Å²) in [5.41, 5.74) is 7.32. The normalized spacial score (nSPS) is 15.3. The SMILES string of the molecule is CN(CCCCN=C(N)N1CCCCC1)c1ccccc1.I. The Morgan fingerprint density at radius 1 is 1.14 bits per heavy atom. The summed E-state index contributed by atoms with van der Waals surface area (Å²) in [4.78, 5) is 9.03. The highest BCUT2D eigenvalue weighted by molar-refractivity contribution is 14.0. The molecule has 1 aliphatic heterocycles. The number of piperidine rings is 1. The fourth-order valence-electron chi connectivity index (χ4n) is 2.69. The Morgan fingerprint density at radius 3 is 2.50 bits per heavy atom. The van der Waals surface area contributed by atoms with Crippen LogP contribution in [0, 0.1) is 0 Å². The number of nitrogens with zero attached hydrogens (tertiary/aromatic N) is 3. The molecule has 0 unspecified atom stereocenters. The van der Waals surface area contributed by atoms with Gasteiger partial charge in [0.25, 0.3) is 0 Å². The summed E-state index contributed by atoms with van der Waals surface area (Å²) in [6, 6.07) is 10.5. The first-order chi connectivity index (χ1) is 10.3. The van der Waals surface area contributed by atoms with E-state index in [2.05, 4.69) is 52.2 Å². The van der Waals surface area contributed by atoms with Crippen molar-refractivity contribution in [3.63, 3.8) is 0 Å². The molecule has 5 heteroatoms. The quantitative estimate of drug-likeness (QED) is 0.335. The zero-order chi connectivity index (χ0) is 14.9. The summed E-state index contributed by atoms with van der Waals surface area (Å²) in [5.74, 6) is 0.742. The maximum atomic E-state index is 6.05. The van der Waals surface area contributed by atoms with Crippen LogP contribution < -0.4 is 10.6 Å². The average molecular weight is 416 g/mol. The minimum Gasteiger partial charge on any atom is -0.375 e. The van der Waals surface area contributed by atoms with Gasteiger partial charge in [-0.1, -0.05) is 18.2 Å². The van der Waals surface area contributed by atoms with Crippen LogP contribution in [-0.4, -0.2) is 44.1 Å². The van der Waals surface area contributed by atoms with Crippen molar-refractivity contribution in [2.45, 2.75) is 32.1 Å². The van der Waals surface area contributed by atoms with Crippen LogP contribution in [0.4, 0.5) is 5.69 Å². The summed E-state index contributed by atoms with van der Waals surface area (Å²) in [6.45, 7) is 4.05. The van der Waals surface area contributed by atoms with Gasteiger partial charge in [-0.2, -0.15) is 0 Å². The lowest BCUT2D eigenvalue weighted by Crippen LogP contribution is -2.40. The van der Waals surface area contributed by atoms with E-state index in [9.17, 15) is 0 Å². The summed E-state index contributed by atoms with van der Waals surface area (Å²) >= 11 is 0. The van der Waals surface area contributed by atoms with Gasteiger partial charge in [-0.3, -0.25) is 4.99 Å². The number of aliphatic imine (C=N–C) groups is 1. The van der Waals surface area contributed by atoms with Crippen LogP contribution in [0.25, 0.3) is 0 Å². The number of nitrogens with two attached hydrogens (primary N) is 1. The van der Waals surface area contributed by atoms with Gasteiger partial charge < -0.3 is 15.5 Å². The van der Waals surface area contributed by atoms with Crippen LogP contribution in [0.5, 0.6) is 0 Å². The molecule has 0 aliphatic carbocycles. The monoisotopic (exact) mass is 416 g/mol. The van der Waals surface area contributed by atoms with E-state index in [-0.39, 0.29) is 24.0 Å². The van der Waals surface area contributed by atoms with Crippen molar-refractivity contribution in [1.82, 2.24) is 4.90 Å². The Bertz CT molecular complexity index is 430. The maximum Gasteiger partial charge on any atom is 0.191 e. The van der Waals surface area contributed by atoms with Gasteiger partial charge in [0.15, 0.2) is 5.96 Å². The number of hydrogen-bond acceptors (Lipinski definition) is 2. The van der Waals surface area contributed by atoms with Gasteiger partial charge in [0.2, 0.25) is 0 Å². The highest BCUT2D eigenvalue weighted by atomic mass is 127. The topological polar surface area (TPSA) is 44.9 Å². The molecule has 0 radical (unpaired) electrons. The molecular weight excluding hydrogens is 387 g/mol. The standard InChI is InChI=1S/C17H28N4.HI/c1-20(16-10-4-2-5-11-16)13-9-6-12-19-17(18)21-14-7-3-8-15-21;/h2,4-5,10-11H,3,6-9,12-15H2,1H3,(H2,18,19);1H. The zero-order valence-electron chi connectivity index (χ0n) is 13.6. The van der Waals surface area contributed by atoms with Crippen LogP contribution in [0.2, 0.25) is 0 Å². The predicted molar refractivity (Wildman–Crippen MR) is 106 cm³/mol. The number of para-hydroxylation sites is 1. The van der Waals surface area contributed by atoms with Crippen molar-refractivity contribution >= 4 is 35.6 Å². The molecule has 2 N–H and O–H groups in total. The van der Waals surface area contributed by atoms with Crippen molar-refractivity contribution in [1.29, 1.82) is 0 Å². The molecule has 4 nitrogen and oxygen atoms in total. The molecular formula is C17H29IN4. The van der Waals surface area contributed by atoms with E-state index in [1.165, 1.54) is 24.9 Å². The third-order valence-electron chi connectivity index (χ3n) is 4.05. The van der Waals surface area contributed by atoms with Gasteiger partial charge in [0.1, 0.15) is 0 Å². The van der Waals surface area contributed by atoms with Gasteiger partial charge in [-0.25, -0.2) is 0 Å². The molecule has 22 heavy (non-hydrogen) atoms. The molecule has 0 aromatic heterocycles. The molecule has 0 atom stereocenters. The van der Waals surface area contributed by atoms with Crippen LogP contribution >= 0.6 is 24.0 Å². The summed E-state index contributed by atoms with van der Waals surface area (Å²) in [6.07, 6.45) is 6.06. The third-order valence-corrected chi connectivity index (χ3v) is 4.05. The number of rotatable bonds is 6. The number of guanidine groups is 1. The fraction of sp³-hybridized carbons (Fsp3) is 0.588. The first kappa shape index (κ1) is 19.1. The Labute approximate surface area is 151 Å². The highest BCUT2D eigenvalue weighted by Crippen LogP contribution is 2.11. The van der Waals surface area contributed by atoms with E-state index in [1.54, 1.807) is 0 Å². The van der Waals surface area contributed by atoms with Crippen molar-refractivity contribution in [2.75, 3.05) is 38.1 Å². The Balaban J connectivity index is 0.00000242. The molecule has 0 bridgehead atoms. The third kappa shape index (κ3) is 6.42. The molecule has 1 aliphatic rings. The highest BCUT2D eigenvalue weighted by Gasteiger charge is 2.11. The van der Waals surface area contributed by atoms with Gasteiger partial charge >= 0.3 is 0 Å². The Kier molecular flexibility index (Phi) is 9.27. The summed E-state index contributed by atoms with van der Waals surface area (Å²) < 4.78 is 0. The minimum absolute atomic E-state index is 0. The average Bonchev–Trinajstić information content (AvgIpc) is 2.55. The Hall–Kier alpha value is -0.980. The van der Waals surface area contributed by atoms with E-state index in [1.807, 2.05) is 0 Å². The van der Waals surface area contributed by atoms with Gasteiger partial charge in [0, 0.05) is 38.9 Å². The maximum absolute atomic E-state index is 6.05. The van der Waals surface area contributed by atoms with Crippen molar-refractivity contribution in [3.8, 4) is 0 Å². The molecule has 124 valence electrons. The number of anilines is 1. The lowest BCUT2D eigenvalue weighted by molar-refractivity contribution is 0.338. The predicted octanol–water partition coefficient (Wildman–Crippen LogP) is 3.32. The number of likely N-dealkylation sites (tertiary alicyclic amines) is 1. The lowest BCUT2D eigenvalue weighted by atomic mass is 10.1. The molecule has 0 spiro atoms. The first-order valence-electron chi connectivity index (χ1n) is 8.08. The molecule has 0 amide bonds. The van der Waals surface area contributed by atoms with Crippen LogP contribution in [0.3, 0.4) is 0 Å². The van der Waals surface area contributed by atoms with E-state index in [0.29, 0.717) is 0 Å². The number of benzene rings is 1. The van der Waals surface area contributed by atoms with Crippen LogP contribution in [0.1, 0.15) is 32.1 Å². The first-order valence-corrected chi connectivity index (χ1v) is 8.08. The molecule has 1 aromatic carbocycles. The summed E-state index contributed by atoms with van der Waals surface area (Å²) in [5, 5.41) is 0. The largest absolute Gasteiger partial charge is 0.375 e. The van der Waals surface area contributed by atoms with E-state index < -0.39 is 0 Å². The van der Waals surface area contributed by atoms with E-state index >= 15 is 0 Å². The molecule has 1 fully saturated rings. The minimum atomic E-state index is 0.